The zero-order valence-electron chi connectivity index (χ0n) is 7.34. The monoisotopic (exact) mass is 319 g/mol. The lowest BCUT2D eigenvalue weighted by molar-refractivity contribution is 0.149. The van der Waals surface area contributed by atoms with Gasteiger partial charge in [-0.2, -0.15) is 10.5 Å². The second-order valence-corrected chi connectivity index (χ2v) is 3.63. The molecule has 1 aromatic rings. The molecule has 15 heavy (non-hydrogen) atoms. The fourth-order valence-corrected chi connectivity index (χ4v) is 1.74. The first-order valence-electron chi connectivity index (χ1n) is 3.84. The van der Waals surface area contributed by atoms with Crippen molar-refractivity contribution in [2.75, 3.05) is 0 Å². The molecular weight excluding hydrogens is 315 g/mol. The van der Waals surface area contributed by atoms with Gasteiger partial charge in [-0.3, -0.25) is 0 Å². The van der Waals surface area contributed by atoms with Gasteiger partial charge >= 0.3 is 0 Å². The lowest BCUT2D eigenvalue weighted by Crippen LogP contribution is -2.02. The minimum atomic E-state index is -2.75. The first-order valence-corrected chi connectivity index (χ1v) is 4.92. The van der Waals surface area contributed by atoms with Crippen molar-refractivity contribution in [2.24, 2.45) is 0 Å². The van der Waals surface area contributed by atoms with Crippen molar-refractivity contribution in [2.45, 2.75) is 12.8 Å². The molecule has 0 saturated heterocycles. The third kappa shape index (κ3) is 2.39. The Morgan fingerprint density at radius 2 is 2.13 bits per heavy atom. The highest BCUT2D eigenvalue weighted by Gasteiger charge is 2.20. The molecule has 0 bridgehead atoms. The smallest absolute Gasteiger partial charge is 0.249 e. The van der Waals surface area contributed by atoms with E-state index in [0.29, 0.717) is 0 Å². The molecule has 3 nitrogen and oxygen atoms in total. The van der Waals surface area contributed by atoms with Crippen LogP contribution in [-0.4, -0.2) is 4.98 Å². The van der Waals surface area contributed by atoms with Crippen LogP contribution in [0.1, 0.15) is 23.1 Å². The minimum absolute atomic E-state index is 0.0907. The van der Waals surface area contributed by atoms with Crippen LogP contribution in [0.2, 0.25) is 0 Å². The van der Waals surface area contributed by atoms with Crippen molar-refractivity contribution in [3.8, 4) is 12.1 Å². The highest BCUT2D eigenvalue weighted by atomic mass is 127. The summed E-state index contributed by atoms with van der Waals surface area (Å²) in [6, 6.07) is 3.50. The molecule has 0 aliphatic carbocycles. The number of nitriles is 2. The van der Waals surface area contributed by atoms with Crippen LogP contribution in [0.15, 0.2) is 6.20 Å². The number of halogens is 3. The summed E-state index contributed by atoms with van der Waals surface area (Å²) < 4.78 is 25.3. The van der Waals surface area contributed by atoms with Crippen molar-refractivity contribution in [1.82, 2.24) is 4.98 Å². The Labute approximate surface area is 98.5 Å². The number of alkyl halides is 2. The van der Waals surface area contributed by atoms with Gasteiger partial charge in [-0.15, -0.1) is 0 Å². The fraction of sp³-hybridized carbons (Fsp3) is 0.222. The first kappa shape index (κ1) is 11.8. The largest absolute Gasteiger partial charge is 0.267 e. The Hall–Kier alpha value is -1.28. The summed E-state index contributed by atoms with van der Waals surface area (Å²) in [6.07, 6.45) is -1.56. The normalized spacial score (nSPS) is 9.73. The van der Waals surface area contributed by atoms with E-state index in [1.54, 1.807) is 34.7 Å². The van der Waals surface area contributed by atoms with Gasteiger partial charge in [-0.25, -0.2) is 13.8 Å². The predicted molar refractivity (Wildman–Crippen MR) is 55.9 cm³/mol. The van der Waals surface area contributed by atoms with Gasteiger partial charge in [0.1, 0.15) is 9.77 Å². The van der Waals surface area contributed by atoms with Gasteiger partial charge in [0.05, 0.1) is 23.6 Å². The van der Waals surface area contributed by atoms with E-state index in [4.69, 9.17) is 10.5 Å². The molecule has 0 aliphatic heterocycles. The Morgan fingerprint density at radius 1 is 1.47 bits per heavy atom. The van der Waals surface area contributed by atoms with Crippen LogP contribution in [0.25, 0.3) is 0 Å². The summed E-state index contributed by atoms with van der Waals surface area (Å²) in [7, 11) is 0. The topological polar surface area (TPSA) is 60.5 Å². The van der Waals surface area contributed by atoms with E-state index in [9.17, 15) is 8.78 Å². The number of hydrogen-bond acceptors (Lipinski definition) is 3. The van der Waals surface area contributed by atoms with Crippen LogP contribution in [0, 0.1) is 26.4 Å². The Kier molecular flexibility index (Phi) is 3.92. The molecule has 0 amide bonds. The molecule has 0 aromatic carbocycles. The van der Waals surface area contributed by atoms with E-state index in [1.807, 2.05) is 0 Å². The average molecular weight is 319 g/mol. The van der Waals surface area contributed by atoms with Gasteiger partial charge in [0.2, 0.25) is 0 Å². The zero-order chi connectivity index (χ0) is 11.4. The second-order valence-electron chi connectivity index (χ2n) is 2.61. The third-order valence-corrected chi connectivity index (χ3v) is 2.61. The number of pyridine rings is 1. The summed E-state index contributed by atoms with van der Waals surface area (Å²) in [6.45, 7) is 0. The minimum Gasteiger partial charge on any atom is -0.249 e. The van der Waals surface area contributed by atoms with Crippen molar-refractivity contribution in [3.63, 3.8) is 0 Å². The van der Waals surface area contributed by atoms with E-state index in [0.717, 1.165) is 0 Å². The number of aromatic nitrogens is 1. The molecule has 1 aromatic heterocycles. The van der Waals surface area contributed by atoms with Crippen molar-refractivity contribution in [3.05, 3.63) is 26.6 Å². The molecular formula is C9H4F2IN3. The van der Waals surface area contributed by atoms with Crippen LogP contribution in [0.5, 0.6) is 0 Å². The summed E-state index contributed by atoms with van der Waals surface area (Å²) >= 11 is 1.64. The number of hydrogen-bond donors (Lipinski definition) is 0. The van der Waals surface area contributed by atoms with Gasteiger partial charge < -0.3 is 0 Å². The predicted octanol–water partition coefficient (Wildman–Crippen LogP) is 2.56. The summed E-state index contributed by atoms with van der Waals surface area (Å²) in [5.41, 5.74) is -0.271. The lowest BCUT2D eigenvalue weighted by Gasteiger charge is -2.07. The van der Waals surface area contributed by atoms with Crippen LogP contribution in [0.4, 0.5) is 8.78 Å². The molecule has 0 radical (unpaired) electrons. The van der Waals surface area contributed by atoms with Gasteiger partial charge in [0.25, 0.3) is 6.43 Å². The quantitative estimate of drug-likeness (QED) is 0.622. The van der Waals surface area contributed by atoms with Gasteiger partial charge in [-0.1, -0.05) is 0 Å². The molecule has 0 N–H and O–H groups in total. The van der Waals surface area contributed by atoms with Gasteiger partial charge in [0.15, 0.2) is 0 Å². The number of rotatable bonds is 2. The molecule has 76 valence electrons. The average Bonchev–Trinajstić information content (AvgIpc) is 2.19. The van der Waals surface area contributed by atoms with Crippen LogP contribution < -0.4 is 0 Å². The molecule has 0 fully saturated rings. The molecule has 0 atom stereocenters. The summed E-state index contributed by atoms with van der Waals surface area (Å²) in [5, 5.41) is 17.2. The zero-order valence-corrected chi connectivity index (χ0v) is 9.49. The van der Waals surface area contributed by atoms with E-state index in [1.165, 1.54) is 6.20 Å². The standard InChI is InChI=1S/C9H4F2IN3/c10-8(11)7-6(3-14)5(1-2-13)4-15-9(7)12/h4,8H,1H2. The molecule has 0 saturated carbocycles. The van der Waals surface area contributed by atoms with E-state index >= 15 is 0 Å². The Morgan fingerprint density at radius 3 is 2.60 bits per heavy atom. The molecule has 0 aliphatic rings. The van der Waals surface area contributed by atoms with E-state index in [-0.39, 0.29) is 26.8 Å². The Balaban J connectivity index is 3.43. The first-order chi connectivity index (χ1) is 7.11. The fourth-order valence-electron chi connectivity index (χ4n) is 1.10. The Bertz CT molecular complexity index is 460. The molecule has 1 rings (SSSR count). The SMILES string of the molecule is N#CCc1cnc(I)c(C(F)F)c1C#N. The van der Waals surface area contributed by atoms with Crippen LogP contribution >= 0.6 is 22.6 Å². The maximum atomic E-state index is 12.6. The van der Waals surface area contributed by atoms with Gasteiger partial charge in [-0.05, 0) is 22.6 Å². The molecule has 6 heteroatoms. The lowest BCUT2D eigenvalue weighted by atomic mass is 10.0. The third-order valence-electron chi connectivity index (χ3n) is 1.75. The molecule has 0 spiro atoms. The van der Waals surface area contributed by atoms with E-state index in [2.05, 4.69) is 4.98 Å². The molecule has 1 heterocycles. The van der Waals surface area contributed by atoms with Gasteiger partial charge in [0, 0.05) is 11.8 Å². The maximum Gasteiger partial charge on any atom is 0.267 e. The second kappa shape index (κ2) is 4.99. The molecule has 0 unspecified atom stereocenters. The van der Waals surface area contributed by atoms with Crippen LogP contribution in [-0.2, 0) is 6.42 Å². The van der Waals surface area contributed by atoms with Crippen molar-refractivity contribution in [1.29, 1.82) is 10.5 Å². The summed E-state index contributed by atoms with van der Waals surface area (Å²) in [4.78, 5) is 3.73. The summed E-state index contributed by atoms with van der Waals surface area (Å²) in [5.74, 6) is 0. The van der Waals surface area contributed by atoms with Crippen molar-refractivity contribution < 1.29 is 8.78 Å². The van der Waals surface area contributed by atoms with E-state index < -0.39 is 6.43 Å². The number of nitrogens with zero attached hydrogens (tertiary/aromatic N) is 3. The van der Waals surface area contributed by atoms with Crippen molar-refractivity contribution >= 4 is 22.6 Å². The van der Waals surface area contributed by atoms with Crippen LogP contribution in [0.3, 0.4) is 0 Å². The maximum absolute atomic E-state index is 12.6. The highest BCUT2D eigenvalue weighted by Crippen LogP contribution is 2.28. The highest BCUT2D eigenvalue weighted by molar-refractivity contribution is 14.1.